The molecule has 0 bridgehead atoms. The van der Waals surface area contributed by atoms with E-state index in [2.05, 4.69) is 10.6 Å². The van der Waals surface area contributed by atoms with Gasteiger partial charge >= 0.3 is 12.1 Å². The minimum absolute atomic E-state index is 0.129. The standard InChI is InChI=1S/C23H36N2O5/c1-15(2)13-18(24-22(28)30-23(5,6)7)20(26)25-19(16(3)4)21(27)29-14-17-11-9-8-10-12-17/h8-12,15-16,18-19H,13-14H2,1-7H3,(H,24,28)(H,25,26)/t18-,19-/m0/s1. The van der Waals surface area contributed by atoms with Crippen LogP contribution in [0.4, 0.5) is 4.79 Å². The molecule has 0 heterocycles. The first-order valence-electron chi connectivity index (χ1n) is 10.4. The molecule has 0 saturated carbocycles. The molecule has 2 atom stereocenters. The Labute approximate surface area is 179 Å². The summed E-state index contributed by atoms with van der Waals surface area (Å²) in [6.45, 7) is 12.9. The Balaban J connectivity index is 2.80. The van der Waals surface area contributed by atoms with E-state index in [0.717, 1.165) is 5.56 Å². The molecule has 30 heavy (non-hydrogen) atoms. The van der Waals surface area contributed by atoms with Crippen molar-refractivity contribution in [3.63, 3.8) is 0 Å². The van der Waals surface area contributed by atoms with Gasteiger partial charge in [-0.25, -0.2) is 9.59 Å². The fourth-order valence-corrected chi connectivity index (χ4v) is 2.72. The molecule has 168 valence electrons. The molecule has 7 heteroatoms. The van der Waals surface area contributed by atoms with Gasteiger partial charge in [0, 0.05) is 0 Å². The van der Waals surface area contributed by atoms with Gasteiger partial charge in [0.2, 0.25) is 5.91 Å². The average Bonchev–Trinajstić information content (AvgIpc) is 2.62. The number of nitrogens with one attached hydrogen (secondary N) is 2. The van der Waals surface area contributed by atoms with Gasteiger partial charge in [-0.3, -0.25) is 4.79 Å². The number of carbonyl (C=O) groups is 3. The third-order valence-electron chi connectivity index (χ3n) is 4.16. The molecule has 0 radical (unpaired) electrons. The number of esters is 1. The summed E-state index contributed by atoms with van der Waals surface area (Å²) >= 11 is 0. The van der Waals surface area contributed by atoms with Crippen LogP contribution >= 0.6 is 0 Å². The van der Waals surface area contributed by atoms with Gasteiger partial charge in [-0.05, 0) is 44.6 Å². The van der Waals surface area contributed by atoms with Gasteiger partial charge in [-0.1, -0.05) is 58.0 Å². The van der Waals surface area contributed by atoms with E-state index in [1.165, 1.54) is 0 Å². The van der Waals surface area contributed by atoms with Crippen molar-refractivity contribution in [1.82, 2.24) is 10.6 Å². The van der Waals surface area contributed by atoms with Gasteiger partial charge in [0.15, 0.2) is 0 Å². The van der Waals surface area contributed by atoms with Crippen molar-refractivity contribution in [3.8, 4) is 0 Å². The van der Waals surface area contributed by atoms with Crippen LogP contribution in [-0.2, 0) is 25.7 Å². The molecule has 2 amide bonds. The SMILES string of the molecule is CC(C)C[C@H](NC(=O)OC(C)(C)C)C(=O)N[C@H](C(=O)OCc1ccccc1)C(C)C. The summed E-state index contributed by atoms with van der Waals surface area (Å²) in [5, 5.41) is 5.36. The summed E-state index contributed by atoms with van der Waals surface area (Å²) in [6, 6.07) is 7.70. The van der Waals surface area contributed by atoms with Crippen molar-refractivity contribution < 1.29 is 23.9 Å². The summed E-state index contributed by atoms with van der Waals surface area (Å²) in [5.74, 6) is -0.982. The molecule has 2 N–H and O–H groups in total. The van der Waals surface area contributed by atoms with Crippen LogP contribution in [0.5, 0.6) is 0 Å². The van der Waals surface area contributed by atoms with E-state index in [1.807, 2.05) is 58.0 Å². The minimum atomic E-state index is -0.823. The largest absolute Gasteiger partial charge is 0.459 e. The highest BCUT2D eigenvalue weighted by atomic mass is 16.6. The number of amides is 2. The zero-order valence-electron chi connectivity index (χ0n) is 19.2. The number of benzene rings is 1. The zero-order valence-corrected chi connectivity index (χ0v) is 19.2. The van der Waals surface area contributed by atoms with Crippen LogP contribution in [0.25, 0.3) is 0 Å². The number of rotatable bonds is 9. The molecule has 0 aliphatic rings. The number of hydrogen-bond donors (Lipinski definition) is 2. The average molecular weight is 421 g/mol. The van der Waals surface area contributed by atoms with E-state index in [4.69, 9.17) is 9.47 Å². The molecule has 0 saturated heterocycles. The van der Waals surface area contributed by atoms with Crippen LogP contribution in [0, 0.1) is 11.8 Å². The van der Waals surface area contributed by atoms with Crippen molar-refractivity contribution in [3.05, 3.63) is 35.9 Å². The van der Waals surface area contributed by atoms with Gasteiger partial charge < -0.3 is 20.1 Å². The third-order valence-corrected chi connectivity index (χ3v) is 4.16. The quantitative estimate of drug-likeness (QED) is 0.593. The van der Waals surface area contributed by atoms with Crippen molar-refractivity contribution in [2.45, 2.75) is 79.2 Å². The molecule has 1 aromatic rings. The summed E-state index contributed by atoms with van der Waals surface area (Å²) < 4.78 is 10.7. The molecular weight excluding hydrogens is 384 g/mol. The van der Waals surface area contributed by atoms with Crippen LogP contribution in [0.2, 0.25) is 0 Å². The molecule has 1 rings (SSSR count). The summed E-state index contributed by atoms with van der Waals surface area (Å²) in [6.07, 6.45) is -0.259. The van der Waals surface area contributed by atoms with Gasteiger partial charge in [0.05, 0.1) is 0 Å². The Morgan fingerprint density at radius 2 is 1.57 bits per heavy atom. The molecule has 0 aromatic heterocycles. The summed E-state index contributed by atoms with van der Waals surface area (Å²) in [5.41, 5.74) is 0.189. The molecule has 7 nitrogen and oxygen atoms in total. The first-order chi connectivity index (χ1) is 13.9. The Bertz CT molecular complexity index is 695. The normalized spacial score (nSPS) is 13.5. The van der Waals surface area contributed by atoms with E-state index in [-0.39, 0.29) is 18.4 Å². The number of hydrogen-bond acceptors (Lipinski definition) is 5. The van der Waals surface area contributed by atoms with Crippen LogP contribution in [0.15, 0.2) is 30.3 Å². The highest BCUT2D eigenvalue weighted by Gasteiger charge is 2.31. The highest BCUT2D eigenvalue weighted by molar-refractivity contribution is 5.89. The summed E-state index contributed by atoms with van der Waals surface area (Å²) in [4.78, 5) is 37.6. The molecule has 1 aromatic carbocycles. The van der Waals surface area contributed by atoms with E-state index in [1.54, 1.807) is 20.8 Å². The fourth-order valence-electron chi connectivity index (χ4n) is 2.72. The molecule has 0 fully saturated rings. The number of alkyl carbamates (subject to hydrolysis) is 1. The topological polar surface area (TPSA) is 93.7 Å². The lowest BCUT2D eigenvalue weighted by Gasteiger charge is -2.27. The van der Waals surface area contributed by atoms with Crippen molar-refractivity contribution in [2.24, 2.45) is 11.8 Å². The Kier molecular flexibility index (Phi) is 9.82. The predicted molar refractivity (Wildman–Crippen MR) is 116 cm³/mol. The Hall–Kier alpha value is -2.57. The molecule has 0 aliphatic heterocycles. The van der Waals surface area contributed by atoms with Gasteiger partial charge in [-0.2, -0.15) is 0 Å². The lowest BCUT2D eigenvalue weighted by atomic mass is 10.0. The Morgan fingerprint density at radius 3 is 2.07 bits per heavy atom. The maximum atomic E-state index is 12.9. The zero-order chi connectivity index (χ0) is 22.9. The maximum Gasteiger partial charge on any atom is 0.408 e. The van der Waals surface area contributed by atoms with Crippen LogP contribution in [-0.4, -0.2) is 35.7 Å². The summed E-state index contributed by atoms with van der Waals surface area (Å²) in [7, 11) is 0. The van der Waals surface area contributed by atoms with Gasteiger partial charge in [0.1, 0.15) is 24.3 Å². The number of ether oxygens (including phenoxy) is 2. The molecule has 0 unspecified atom stereocenters. The third kappa shape index (κ3) is 9.76. The molecule has 0 aliphatic carbocycles. The lowest BCUT2D eigenvalue weighted by molar-refractivity contribution is -0.150. The first kappa shape index (κ1) is 25.5. The highest BCUT2D eigenvalue weighted by Crippen LogP contribution is 2.12. The second-order valence-corrected chi connectivity index (χ2v) is 9.15. The Morgan fingerprint density at radius 1 is 0.967 bits per heavy atom. The van der Waals surface area contributed by atoms with Gasteiger partial charge in [0.25, 0.3) is 0 Å². The van der Waals surface area contributed by atoms with Crippen LogP contribution in [0.1, 0.15) is 60.5 Å². The van der Waals surface area contributed by atoms with E-state index >= 15 is 0 Å². The van der Waals surface area contributed by atoms with E-state index in [0.29, 0.717) is 6.42 Å². The fraction of sp³-hybridized carbons (Fsp3) is 0.609. The maximum absolute atomic E-state index is 12.9. The first-order valence-corrected chi connectivity index (χ1v) is 10.4. The lowest BCUT2D eigenvalue weighted by Crippen LogP contribution is -2.54. The van der Waals surface area contributed by atoms with Crippen LogP contribution < -0.4 is 10.6 Å². The minimum Gasteiger partial charge on any atom is -0.459 e. The van der Waals surface area contributed by atoms with Crippen LogP contribution in [0.3, 0.4) is 0 Å². The second kappa shape index (κ2) is 11.6. The van der Waals surface area contributed by atoms with E-state index in [9.17, 15) is 14.4 Å². The van der Waals surface area contributed by atoms with Crippen molar-refractivity contribution >= 4 is 18.0 Å². The predicted octanol–water partition coefficient (Wildman–Crippen LogP) is 3.81. The second-order valence-electron chi connectivity index (χ2n) is 9.15. The monoisotopic (exact) mass is 420 g/mol. The molecular formula is C23H36N2O5. The van der Waals surface area contributed by atoms with Crippen molar-refractivity contribution in [2.75, 3.05) is 0 Å². The van der Waals surface area contributed by atoms with E-state index < -0.39 is 35.7 Å². The number of carbonyl (C=O) groups excluding carboxylic acids is 3. The van der Waals surface area contributed by atoms with Crippen molar-refractivity contribution in [1.29, 1.82) is 0 Å². The molecule has 0 spiro atoms. The smallest absolute Gasteiger partial charge is 0.408 e. The van der Waals surface area contributed by atoms with Gasteiger partial charge in [-0.15, -0.1) is 0 Å².